The average molecular weight is 305 g/mol. The molecule has 1 aliphatic rings. The van der Waals surface area contributed by atoms with Crippen LogP contribution in [-0.2, 0) is 9.09 Å². The summed E-state index contributed by atoms with van der Waals surface area (Å²) in [6, 6.07) is 0. The molecule has 0 amide bonds. The van der Waals surface area contributed by atoms with E-state index in [4.69, 9.17) is 10.0 Å². The lowest BCUT2D eigenvalue weighted by Crippen LogP contribution is -2.41. The van der Waals surface area contributed by atoms with Crippen molar-refractivity contribution in [1.82, 2.24) is 7.78 Å². The molecule has 0 aromatic heterocycles. The van der Waals surface area contributed by atoms with Gasteiger partial charge in [0.1, 0.15) is 0 Å². The monoisotopic (exact) mass is 305 g/mol. The number of hydrogen-bond donors (Lipinski definition) is 1. The van der Waals surface area contributed by atoms with Crippen LogP contribution in [0.3, 0.4) is 0 Å². The molecular weight excluding hydrogens is 292 g/mol. The fourth-order valence-corrected chi connectivity index (χ4v) is 2.46. The van der Waals surface area contributed by atoms with Crippen molar-refractivity contribution in [3.63, 3.8) is 0 Å². The number of rotatable bonds is 2. The van der Waals surface area contributed by atoms with Crippen LogP contribution in [0.5, 0.6) is 0 Å². The molecule has 0 bridgehead atoms. The molecule has 1 atom stereocenters. The molecule has 0 radical (unpaired) electrons. The predicted octanol–water partition coefficient (Wildman–Crippen LogP) is 0.667. The van der Waals surface area contributed by atoms with Crippen LogP contribution in [0, 0.1) is 0 Å². The van der Waals surface area contributed by atoms with E-state index in [-0.39, 0.29) is 0 Å². The van der Waals surface area contributed by atoms with E-state index >= 15 is 0 Å². The second-order valence-corrected chi connectivity index (χ2v) is 6.03. The summed E-state index contributed by atoms with van der Waals surface area (Å²) in [6.07, 6.45) is 0. The summed E-state index contributed by atoms with van der Waals surface area (Å²) in [5, 5.41) is 0. The average Bonchev–Trinajstić information content (AvgIpc) is 2.05. The van der Waals surface area contributed by atoms with Gasteiger partial charge in [-0.3, -0.25) is 4.57 Å². The van der Waals surface area contributed by atoms with Crippen LogP contribution < -0.4 is 5.50 Å². The molecule has 1 rings (SSSR count). The number of hydrogen-bond acceptors (Lipinski definition) is 3. The summed E-state index contributed by atoms with van der Waals surface area (Å²) in [7, 11) is -1.59. The van der Waals surface area contributed by atoms with Gasteiger partial charge >= 0.3 is 7.67 Å². The van der Waals surface area contributed by atoms with Gasteiger partial charge in [0.15, 0.2) is 0 Å². The van der Waals surface area contributed by atoms with Gasteiger partial charge in [0, 0.05) is 56.2 Å². The molecular formula is C5H13IN3O2P. The second-order valence-electron chi connectivity index (χ2n) is 2.61. The van der Waals surface area contributed by atoms with Crippen LogP contribution in [0.4, 0.5) is 0 Å². The highest BCUT2D eigenvalue weighted by Crippen LogP contribution is 2.41. The van der Waals surface area contributed by atoms with E-state index < -0.39 is 7.67 Å². The van der Waals surface area contributed by atoms with Crippen LogP contribution in [-0.4, -0.2) is 41.1 Å². The SMILES string of the molecule is COP(N)(=O)N1CCN(I)CC1. The van der Waals surface area contributed by atoms with Crippen LogP contribution in [0.1, 0.15) is 0 Å². The number of halogens is 1. The van der Waals surface area contributed by atoms with Gasteiger partial charge in [0.05, 0.1) is 0 Å². The van der Waals surface area contributed by atoms with E-state index in [0.29, 0.717) is 13.1 Å². The number of piperazine rings is 1. The van der Waals surface area contributed by atoms with Gasteiger partial charge in [-0.05, 0) is 0 Å². The van der Waals surface area contributed by atoms with Crippen LogP contribution in [0.2, 0.25) is 0 Å². The Morgan fingerprint density at radius 1 is 1.42 bits per heavy atom. The van der Waals surface area contributed by atoms with Gasteiger partial charge in [-0.2, -0.15) is 0 Å². The zero-order valence-corrected chi connectivity index (χ0v) is 9.99. The van der Waals surface area contributed by atoms with E-state index in [0.717, 1.165) is 13.1 Å². The molecule has 12 heavy (non-hydrogen) atoms. The van der Waals surface area contributed by atoms with Crippen LogP contribution in [0.15, 0.2) is 0 Å². The number of nitrogens with zero attached hydrogens (tertiary/aromatic N) is 2. The molecule has 1 heterocycles. The fourth-order valence-electron chi connectivity index (χ4n) is 1.07. The lowest BCUT2D eigenvalue weighted by Gasteiger charge is -2.33. The van der Waals surface area contributed by atoms with E-state index in [9.17, 15) is 4.57 Å². The fraction of sp³-hybridized carbons (Fsp3) is 1.00. The van der Waals surface area contributed by atoms with Crippen molar-refractivity contribution in [1.29, 1.82) is 0 Å². The Morgan fingerprint density at radius 3 is 2.33 bits per heavy atom. The third-order valence-electron chi connectivity index (χ3n) is 1.86. The van der Waals surface area contributed by atoms with Crippen molar-refractivity contribution in [3.8, 4) is 0 Å². The zero-order valence-electron chi connectivity index (χ0n) is 6.94. The van der Waals surface area contributed by atoms with E-state index in [2.05, 4.69) is 26.0 Å². The minimum atomic E-state index is -2.97. The molecule has 0 spiro atoms. The van der Waals surface area contributed by atoms with Crippen molar-refractivity contribution in [3.05, 3.63) is 0 Å². The Hall–Kier alpha value is 0.800. The summed E-state index contributed by atoms with van der Waals surface area (Å²) in [5.74, 6) is 0. The normalized spacial score (nSPS) is 26.9. The second kappa shape index (κ2) is 4.34. The topological polar surface area (TPSA) is 58.8 Å². The molecule has 72 valence electrons. The van der Waals surface area contributed by atoms with Crippen molar-refractivity contribution in [2.75, 3.05) is 33.3 Å². The Kier molecular flexibility index (Phi) is 3.94. The first-order chi connectivity index (χ1) is 5.56. The highest BCUT2D eigenvalue weighted by Gasteiger charge is 2.28. The summed E-state index contributed by atoms with van der Waals surface area (Å²) >= 11 is 2.24. The van der Waals surface area contributed by atoms with Crippen molar-refractivity contribution >= 4 is 30.5 Å². The van der Waals surface area contributed by atoms with E-state index in [1.165, 1.54) is 7.11 Å². The predicted molar refractivity (Wildman–Crippen MR) is 56.0 cm³/mol. The Labute approximate surface area is 86.3 Å². The van der Waals surface area contributed by atoms with Crippen molar-refractivity contribution < 1.29 is 9.09 Å². The molecule has 1 unspecified atom stereocenters. The van der Waals surface area contributed by atoms with Crippen LogP contribution in [0.25, 0.3) is 0 Å². The Bertz CT molecular complexity index is 195. The standard InChI is InChI=1S/C5H13IN3O2P/c1-11-12(7,10)9-4-2-8(6)3-5-9/h2-5H2,1H3,(H2,7,10). The third kappa shape index (κ3) is 2.65. The Balaban J connectivity index is 2.50. The summed E-state index contributed by atoms with van der Waals surface area (Å²) < 4.78 is 20.1. The number of nitrogens with two attached hydrogens (primary N) is 1. The summed E-state index contributed by atoms with van der Waals surface area (Å²) in [6.45, 7) is 3.19. The van der Waals surface area contributed by atoms with Gasteiger partial charge in [-0.15, -0.1) is 0 Å². The Morgan fingerprint density at radius 2 is 1.92 bits per heavy atom. The van der Waals surface area contributed by atoms with Gasteiger partial charge < -0.3 is 4.52 Å². The first-order valence-electron chi connectivity index (χ1n) is 3.67. The quantitative estimate of drug-likeness (QED) is 0.461. The van der Waals surface area contributed by atoms with Gasteiger partial charge in [0.25, 0.3) is 0 Å². The molecule has 0 aliphatic carbocycles. The lowest BCUT2D eigenvalue weighted by molar-refractivity contribution is 0.255. The largest absolute Gasteiger partial charge is 0.340 e. The third-order valence-corrected chi connectivity index (χ3v) is 4.53. The first kappa shape index (κ1) is 10.9. The van der Waals surface area contributed by atoms with Gasteiger partial charge in [-0.25, -0.2) is 13.3 Å². The van der Waals surface area contributed by atoms with Crippen molar-refractivity contribution in [2.24, 2.45) is 5.50 Å². The molecule has 1 saturated heterocycles. The van der Waals surface area contributed by atoms with Crippen LogP contribution >= 0.6 is 30.5 Å². The lowest BCUT2D eigenvalue weighted by atomic mass is 10.4. The molecule has 2 N–H and O–H groups in total. The van der Waals surface area contributed by atoms with Gasteiger partial charge in [-0.1, -0.05) is 0 Å². The van der Waals surface area contributed by atoms with E-state index in [1.54, 1.807) is 4.67 Å². The maximum atomic E-state index is 11.5. The molecule has 1 fully saturated rings. The summed E-state index contributed by atoms with van der Waals surface area (Å²) in [4.78, 5) is 0. The van der Waals surface area contributed by atoms with E-state index in [1.807, 2.05) is 0 Å². The molecule has 7 heteroatoms. The minimum Gasteiger partial charge on any atom is -0.310 e. The highest BCUT2D eigenvalue weighted by atomic mass is 127. The molecule has 5 nitrogen and oxygen atoms in total. The maximum absolute atomic E-state index is 11.5. The molecule has 0 saturated carbocycles. The highest BCUT2D eigenvalue weighted by molar-refractivity contribution is 14.1. The van der Waals surface area contributed by atoms with Crippen molar-refractivity contribution in [2.45, 2.75) is 0 Å². The molecule has 0 aromatic rings. The first-order valence-corrected chi connectivity index (χ1v) is 6.28. The molecule has 0 aromatic carbocycles. The maximum Gasteiger partial charge on any atom is 0.340 e. The van der Waals surface area contributed by atoms with Gasteiger partial charge in [0.2, 0.25) is 0 Å². The minimum absolute atomic E-state index is 0.713. The molecule has 1 aliphatic heterocycles. The smallest absolute Gasteiger partial charge is 0.310 e. The zero-order chi connectivity index (χ0) is 9.19. The summed E-state index contributed by atoms with van der Waals surface area (Å²) in [5.41, 5.74) is 5.47.